The summed E-state index contributed by atoms with van der Waals surface area (Å²) in [6, 6.07) is 7.50. The number of nitrogens with zero attached hydrogens (tertiary/aromatic N) is 2. The first-order chi connectivity index (χ1) is 9.44. The smallest absolute Gasteiger partial charge is 0.229 e. The number of nitrogens with one attached hydrogen (secondary N) is 2. The molecule has 0 spiro atoms. The summed E-state index contributed by atoms with van der Waals surface area (Å²) in [5.41, 5.74) is 3.70. The summed E-state index contributed by atoms with van der Waals surface area (Å²) < 4.78 is 0. The van der Waals surface area contributed by atoms with Crippen molar-refractivity contribution in [2.75, 3.05) is 10.6 Å². The molecular weight excluding hydrogens is 292 g/mol. The molecule has 0 unspecified atom stereocenters. The molecule has 0 aliphatic rings. The number of aromatic nitrogens is 2. The first-order valence-electron chi connectivity index (χ1n) is 6.10. The van der Waals surface area contributed by atoms with Gasteiger partial charge in [-0.25, -0.2) is 9.97 Å². The van der Waals surface area contributed by atoms with Crippen LogP contribution >= 0.6 is 23.8 Å². The fraction of sp³-hybridized carbons (Fsp3) is 0.214. The van der Waals surface area contributed by atoms with Crippen molar-refractivity contribution >= 4 is 40.6 Å². The second kappa shape index (κ2) is 6.15. The Morgan fingerprint density at radius 1 is 1.05 bits per heavy atom. The minimum atomic E-state index is 0.431. The predicted octanol–water partition coefficient (Wildman–Crippen LogP) is 3.86. The minimum absolute atomic E-state index is 0.431. The molecule has 1 aromatic heterocycles. The topological polar surface area (TPSA) is 49.8 Å². The highest BCUT2D eigenvalue weighted by Gasteiger charge is 2.05. The van der Waals surface area contributed by atoms with E-state index < -0.39 is 0 Å². The fourth-order valence-electron chi connectivity index (χ4n) is 1.77. The van der Waals surface area contributed by atoms with Gasteiger partial charge in [0.2, 0.25) is 5.95 Å². The molecule has 1 aromatic carbocycles. The molecule has 4 nitrogen and oxygen atoms in total. The maximum atomic E-state index is 5.97. The molecule has 2 aromatic rings. The number of aryl methyl sites for hydroxylation is 3. The van der Waals surface area contributed by atoms with Crippen LogP contribution in [0.1, 0.15) is 17.0 Å². The van der Waals surface area contributed by atoms with Crippen LogP contribution in [-0.4, -0.2) is 15.1 Å². The van der Waals surface area contributed by atoms with Crippen molar-refractivity contribution < 1.29 is 0 Å². The summed E-state index contributed by atoms with van der Waals surface area (Å²) in [5.74, 6) is 0.486. The fourth-order valence-corrected chi connectivity index (χ4v) is 2.14. The highest BCUT2D eigenvalue weighted by Crippen LogP contribution is 2.20. The molecule has 0 aliphatic carbocycles. The lowest BCUT2D eigenvalue weighted by molar-refractivity contribution is 1.07. The van der Waals surface area contributed by atoms with Gasteiger partial charge in [0, 0.05) is 22.1 Å². The van der Waals surface area contributed by atoms with Gasteiger partial charge >= 0.3 is 0 Å². The second-order valence-electron chi connectivity index (χ2n) is 4.51. The highest BCUT2D eigenvalue weighted by atomic mass is 35.5. The summed E-state index contributed by atoms with van der Waals surface area (Å²) in [5, 5.41) is 7.16. The van der Waals surface area contributed by atoms with Crippen molar-refractivity contribution in [1.29, 1.82) is 0 Å². The van der Waals surface area contributed by atoms with E-state index in [0.29, 0.717) is 16.1 Å². The molecule has 2 N–H and O–H groups in total. The van der Waals surface area contributed by atoms with E-state index in [-0.39, 0.29) is 0 Å². The van der Waals surface area contributed by atoms with Crippen molar-refractivity contribution in [1.82, 2.24) is 9.97 Å². The van der Waals surface area contributed by atoms with E-state index >= 15 is 0 Å². The van der Waals surface area contributed by atoms with E-state index in [4.69, 9.17) is 23.8 Å². The van der Waals surface area contributed by atoms with Gasteiger partial charge in [0.15, 0.2) is 5.11 Å². The zero-order chi connectivity index (χ0) is 14.7. The van der Waals surface area contributed by atoms with Crippen molar-refractivity contribution in [3.05, 3.63) is 46.2 Å². The van der Waals surface area contributed by atoms with E-state index in [0.717, 1.165) is 22.6 Å². The molecule has 0 aliphatic heterocycles. The van der Waals surface area contributed by atoms with Crippen LogP contribution < -0.4 is 10.6 Å². The van der Waals surface area contributed by atoms with Gasteiger partial charge < -0.3 is 10.6 Å². The molecule has 6 heteroatoms. The van der Waals surface area contributed by atoms with Crippen LogP contribution in [0.25, 0.3) is 0 Å². The number of hydrogen-bond donors (Lipinski definition) is 2. The van der Waals surface area contributed by atoms with E-state index in [1.54, 1.807) is 0 Å². The van der Waals surface area contributed by atoms with Crippen molar-refractivity contribution in [3.8, 4) is 0 Å². The molecule has 0 bridgehead atoms. The van der Waals surface area contributed by atoms with E-state index in [1.807, 2.05) is 45.0 Å². The van der Waals surface area contributed by atoms with Crippen LogP contribution in [0.2, 0.25) is 5.02 Å². The summed E-state index contributed by atoms with van der Waals surface area (Å²) in [6.07, 6.45) is 0. The van der Waals surface area contributed by atoms with E-state index in [1.165, 1.54) is 0 Å². The Morgan fingerprint density at radius 2 is 1.70 bits per heavy atom. The average molecular weight is 307 g/mol. The zero-order valence-electron chi connectivity index (χ0n) is 11.5. The maximum Gasteiger partial charge on any atom is 0.229 e. The third kappa shape index (κ3) is 3.88. The van der Waals surface area contributed by atoms with Gasteiger partial charge in [-0.15, -0.1) is 0 Å². The van der Waals surface area contributed by atoms with E-state index in [2.05, 4.69) is 20.6 Å². The molecule has 0 saturated heterocycles. The molecule has 104 valence electrons. The van der Waals surface area contributed by atoms with Crippen LogP contribution in [0.4, 0.5) is 11.6 Å². The van der Waals surface area contributed by atoms with Gasteiger partial charge in [-0.1, -0.05) is 17.7 Å². The highest BCUT2D eigenvalue weighted by molar-refractivity contribution is 7.80. The van der Waals surface area contributed by atoms with Crippen LogP contribution in [-0.2, 0) is 0 Å². The number of benzene rings is 1. The number of hydrogen-bond acceptors (Lipinski definition) is 3. The Labute approximate surface area is 128 Å². The normalized spacial score (nSPS) is 10.2. The third-order valence-electron chi connectivity index (χ3n) is 2.66. The number of halogens is 1. The van der Waals surface area contributed by atoms with Crippen LogP contribution in [0.15, 0.2) is 24.3 Å². The lowest BCUT2D eigenvalue weighted by Gasteiger charge is -2.12. The Balaban J connectivity index is 2.11. The summed E-state index contributed by atoms with van der Waals surface area (Å²) in [6.45, 7) is 5.81. The van der Waals surface area contributed by atoms with Crippen LogP contribution in [0.3, 0.4) is 0 Å². The molecule has 0 fully saturated rings. The maximum absolute atomic E-state index is 5.97. The lowest BCUT2D eigenvalue weighted by atomic mass is 10.2. The number of thiocarbonyl (C=S) groups is 1. The van der Waals surface area contributed by atoms with Gasteiger partial charge in [0.05, 0.1) is 0 Å². The SMILES string of the molecule is Cc1cc(C)nc(NC(=S)Nc2cc(Cl)ccc2C)n1. The Morgan fingerprint density at radius 3 is 2.35 bits per heavy atom. The number of rotatable bonds is 2. The van der Waals surface area contributed by atoms with Crippen molar-refractivity contribution in [2.45, 2.75) is 20.8 Å². The van der Waals surface area contributed by atoms with Crippen molar-refractivity contribution in [2.24, 2.45) is 0 Å². The van der Waals surface area contributed by atoms with Crippen LogP contribution in [0, 0.1) is 20.8 Å². The molecule has 0 radical (unpaired) electrons. The monoisotopic (exact) mass is 306 g/mol. The molecule has 1 heterocycles. The first-order valence-corrected chi connectivity index (χ1v) is 6.89. The van der Waals surface area contributed by atoms with Gasteiger partial charge in [0.25, 0.3) is 0 Å². The lowest BCUT2D eigenvalue weighted by Crippen LogP contribution is -2.21. The summed E-state index contributed by atoms with van der Waals surface area (Å²) in [7, 11) is 0. The van der Waals surface area contributed by atoms with Gasteiger partial charge in [-0.2, -0.15) is 0 Å². The second-order valence-corrected chi connectivity index (χ2v) is 5.36. The minimum Gasteiger partial charge on any atom is -0.332 e. The molecule has 0 saturated carbocycles. The quantitative estimate of drug-likeness (QED) is 0.825. The van der Waals surface area contributed by atoms with Crippen molar-refractivity contribution in [3.63, 3.8) is 0 Å². The largest absolute Gasteiger partial charge is 0.332 e. The average Bonchev–Trinajstić information content (AvgIpc) is 2.32. The van der Waals surface area contributed by atoms with E-state index in [9.17, 15) is 0 Å². The van der Waals surface area contributed by atoms with Gasteiger partial charge in [-0.3, -0.25) is 0 Å². The first kappa shape index (κ1) is 14.7. The van der Waals surface area contributed by atoms with Crippen LogP contribution in [0.5, 0.6) is 0 Å². The predicted molar refractivity (Wildman–Crippen MR) is 87.5 cm³/mol. The molecule has 0 amide bonds. The molecule has 2 rings (SSSR count). The Bertz CT molecular complexity index is 637. The molecular formula is C14H15ClN4S. The number of anilines is 2. The van der Waals surface area contributed by atoms with Gasteiger partial charge in [-0.05, 0) is 56.8 Å². The Kier molecular flexibility index (Phi) is 4.52. The molecule has 20 heavy (non-hydrogen) atoms. The summed E-state index contributed by atoms with van der Waals surface area (Å²) >= 11 is 11.2. The van der Waals surface area contributed by atoms with Gasteiger partial charge in [0.1, 0.15) is 0 Å². The Hall–Kier alpha value is -1.72. The summed E-state index contributed by atoms with van der Waals surface area (Å²) in [4.78, 5) is 8.56. The zero-order valence-corrected chi connectivity index (χ0v) is 13.1. The third-order valence-corrected chi connectivity index (χ3v) is 3.09. The standard InChI is InChI=1S/C14H15ClN4S/c1-8-4-5-11(15)7-12(8)18-14(20)19-13-16-9(2)6-10(3)17-13/h4-7H,1-3H3,(H2,16,17,18,19,20). The molecule has 0 atom stereocenters.